The average Bonchev–Trinajstić information content (AvgIpc) is 2.35. The molecular weight excluding hydrogens is 206 g/mol. The van der Waals surface area contributed by atoms with Gasteiger partial charge in [-0.3, -0.25) is 4.79 Å². The van der Waals surface area contributed by atoms with Crippen molar-refractivity contribution in [3.05, 3.63) is 35.9 Å². The van der Waals surface area contributed by atoms with Crippen LogP contribution in [0.1, 0.15) is 12.5 Å². The van der Waals surface area contributed by atoms with E-state index >= 15 is 0 Å². The Morgan fingerprint density at radius 1 is 1.38 bits per heavy atom. The van der Waals surface area contributed by atoms with Gasteiger partial charge in [-0.25, -0.2) is 0 Å². The zero-order valence-corrected chi connectivity index (χ0v) is 9.55. The van der Waals surface area contributed by atoms with E-state index in [0.29, 0.717) is 6.61 Å². The van der Waals surface area contributed by atoms with Crippen molar-refractivity contribution in [2.24, 2.45) is 5.73 Å². The van der Waals surface area contributed by atoms with Crippen molar-refractivity contribution in [1.29, 1.82) is 0 Å². The fourth-order valence-corrected chi connectivity index (χ4v) is 1.23. The summed E-state index contributed by atoms with van der Waals surface area (Å²) in [5.74, 6) is -0.458. The number of carbonyl (C=O) groups excluding carboxylic acids is 1. The predicted octanol–water partition coefficient (Wildman–Crippen LogP) is 1.09. The maximum absolute atomic E-state index is 11.1. The molecule has 0 saturated heterocycles. The molecule has 1 rings (SSSR count). The van der Waals surface area contributed by atoms with E-state index in [1.165, 1.54) is 7.11 Å². The molecule has 0 aliphatic carbocycles. The van der Waals surface area contributed by atoms with E-state index in [2.05, 4.69) is 4.74 Å². The molecule has 1 unspecified atom stereocenters. The van der Waals surface area contributed by atoms with E-state index in [1.54, 1.807) is 6.92 Å². The topological polar surface area (TPSA) is 61.5 Å². The number of benzene rings is 1. The first-order chi connectivity index (χ1) is 7.65. The van der Waals surface area contributed by atoms with Crippen molar-refractivity contribution < 1.29 is 14.3 Å². The third-order valence-corrected chi connectivity index (χ3v) is 2.33. The Morgan fingerprint density at radius 2 is 2.00 bits per heavy atom. The van der Waals surface area contributed by atoms with Gasteiger partial charge in [-0.05, 0) is 12.5 Å². The Hall–Kier alpha value is -1.39. The standard InChI is InChI=1S/C12H17NO3/c1-9(11(13)12(14)15-2)16-8-10-6-4-3-5-7-10/h3-7,9,11H,8,13H2,1-2H3/t9?,11-/m0/s1. The van der Waals surface area contributed by atoms with E-state index < -0.39 is 12.0 Å². The minimum absolute atomic E-state index is 0.368. The normalized spacial score (nSPS) is 14.2. The molecule has 2 atom stereocenters. The van der Waals surface area contributed by atoms with Crippen molar-refractivity contribution in [3.8, 4) is 0 Å². The highest BCUT2D eigenvalue weighted by Crippen LogP contribution is 2.05. The van der Waals surface area contributed by atoms with Gasteiger partial charge in [-0.15, -0.1) is 0 Å². The number of hydrogen-bond acceptors (Lipinski definition) is 4. The summed E-state index contributed by atoms with van der Waals surface area (Å²) in [7, 11) is 1.31. The van der Waals surface area contributed by atoms with Crippen molar-refractivity contribution in [1.82, 2.24) is 0 Å². The third-order valence-electron chi connectivity index (χ3n) is 2.33. The first-order valence-electron chi connectivity index (χ1n) is 5.14. The van der Waals surface area contributed by atoms with Gasteiger partial charge < -0.3 is 15.2 Å². The Balaban J connectivity index is 2.41. The lowest BCUT2D eigenvalue weighted by Gasteiger charge is -2.18. The second-order valence-corrected chi connectivity index (χ2v) is 3.55. The number of carbonyl (C=O) groups is 1. The average molecular weight is 223 g/mol. The molecule has 0 heterocycles. The molecule has 0 aliphatic heterocycles. The Labute approximate surface area is 95.3 Å². The van der Waals surface area contributed by atoms with Crippen LogP contribution in [0.2, 0.25) is 0 Å². The largest absolute Gasteiger partial charge is 0.468 e. The monoisotopic (exact) mass is 223 g/mol. The molecule has 2 N–H and O–H groups in total. The number of esters is 1. The Bertz CT molecular complexity index is 326. The maximum Gasteiger partial charge on any atom is 0.325 e. The van der Waals surface area contributed by atoms with Crippen molar-refractivity contribution in [2.45, 2.75) is 25.7 Å². The van der Waals surface area contributed by atoms with Crippen LogP contribution in [0.5, 0.6) is 0 Å². The van der Waals surface area contributed by atoms with Crippen LogP contribution in [0, 0.1) is 0 Å². The highest BCUT2D eigenvalue weighted by Gasteiger charge is 2.21. The van der Waals surface area contributed by atoms with Crippen molar-refractivity contribution in [3.63, 3.8) is 0 Å². The van der Waals surface area contributed by atoms with E-state index in [4.69, 9.17) is 10.5 Å². The minimum atomic E-state index is -0.742. The van der Waals surface area contributed by atoms with Crippen molar-refractivity contribution >= 4 is 5.97 Å². The molecular formula is C12H17NO3. The smallest absolute Gasteiger partial charge is 0.325 e. The molecule has 0 fully saturated rings. The highest BCUT2D eigenvalue weighted by atomic mass is 16.5. The molecule has 0 radical (unpaired) electrons. The third kappa shape index (κ3) is 3.64. The molecule has 0 amide bonds. The van der Waals surface area contributed by atoms with Gasteiger partial charge in [-0.1, -0.05) is 30.3 Å². The Kier molecular flexibility index (Phi) is 4.95. The SMILES string of the molecule is COC(=O)[C@@H](N)C(C)OCc1ccccc1. The van der Waals surface area contributed by atoms with Crippen molar-refractivity contribution in [2.75, 3.05) is 7.11 Å². The number of nitrogens with two attached hydrogens (primary N) is 1. The van der Waals surface area contributed by atoms with Gasteiger partial charge in [0.05, 0.1) is 19.8 Å². The van der Waals surface area contributed by atoms with Crippen LogP contribution in [0.15, 0.2) is 30.3 Å². The number of rotatable bonds is 5. The highest BCUT2D eigenvalue weighted by molar-refractivity contribution is 5.75. The Morgan fingerprint density at radius 3 is 2.56 bits per heavy atom. The summed E-state index contributed by atoms with van der Waals surface area (Å²) >= 11 is 0. The fourth-order valence-electron chi connectivity index (χ4n) is 1.23. The summed E-state index contributed by atoms with van der Waals surface area (Å²) in [5, 5.41) is 0. The molecule has 0 aromatic heterocycles. The first-order valence-corrected chi connectivity index (χ1v) is 5.14. The van der Waals surface area contributed by atoms with Gasteiger partial charge in [0.15, 0.2) is 0 Å². The zero-order chi connectivity index (χ0) is 12.0. The molecule has 1 aromatic rings. The predicted molar refractivity (Wildman–Crippen MR) is 60.7 cm³/mol. The van der Waals surface area contributed by atoms with Crippen LogP contribution in [-0.2, 0) is 20.9 Å². The molecule has 16 heavy (non-hydrogen) atoms. The number of ether oxygens (including phenoxy) is 2. The van der Waals surface area contributed by atoms with E-state index in [0.717, 1.165) is 5.56 Å². The second kappa shape index (κ2) is 6.25. The quantitative estimate of drug-likeness (QED) is 0.759. The van der Waals surface area contributed by atoms with Crippen LogP contribution < -0.4 is 5.73 Å². The molecule has 0 aliphatic rings. The van der Waals surface area contributed by atoms with Gasteiger partial charge in [0.2, 0.25) is 0 Å². The summed E-state index contributed by atoms with van der Waals surface area (Å²) in [5.41, 5.74) is 6.68. The summed E-state index contributed by atoms with van der Waals surface area (Å²) in [6.07, 6.45) is -0.368. The van der Waals surface area contributed by atoms with Gasteiger partial charge >= 0.3 is 5.97 Å². The summed E-state index contributed by atoms with van der Waals surface area (Å²) in [4.78, 5) is 11.1. The second-order valence-electron chi connectivity index (χ2n) is 3.55. The molecule has 0 bridgehead atoms. The van der Waals surface area contributed by atoms with Crippen LogP contribution in [0.25, 0.3) is 0 Å². The van der Waals surface area contributed by atoms with Gasteiger partial charge in [0.1, 0.15) is 6.04 Å². The summed E-state index contributed by atoms with van der Waals surface area (Å²) in [6.45, 7) is 2.19. The first kappa shape index (κ1) is 12.7. The zero-order valence-electron chi connectivity index (χ0n) is 9.55. The molecule has 0 saturated carbocycles. The van der Waals surface area contributed by atoms with E-state index in [9.17, 15) is 4.79 Å². The molecule has 0 spiro atoms. The molecule has 88 valence electrons. The number of hydrogen-bond donors (Lipinski definition) is 1. The lowest BCUT2D eigenvalue weighted by atomic mass is 10.2. The van der Waals surface area contributed by atoms with E-state index in [-0.39, 0.29) is 6.10 Å². The van der Waals surface area contributed by atoms with Gasteiger partial charge in [0, 0.05) is 0 Å². The van der Waals surface area contributed by atoms with Crippen LogP contribution >= 0.6 is 0 Å². The lowest BCUT2D eigenvalue weighted by molar-refractivity contribution is -0.146. The van der Waals surface area contributed by atoms with Crippen LogP contribution in [0.3, 0.4) is 0 Å². The molecule has 4 heteroatoms. The van der Waals surface area contributed by atoms with Crippen LogP contribution in [0.4, 0.5) is 0 Å². The minimum Gasteiger partial charge on any atom is -0.468 e. The van der Waals surface area contributed by atoms with Gasteiger partial charge in [0.25, 0.3) is 0 Å². The van der Waals surface area contributed by atoms with E-state index in [1.807, 2.05) is 30.3 Å². The van der Waals surface area contributed by atoms with Gasteiger partial charge in [-0.2, -0.15) is 0 Å². The van der Waals surface area contributed by atoms with Crippen LogP contribution in [-0.4, -0.2) is 25.2 Å². The fraction of sp³-hybridized carbons (Fsp3) is 0.417. The summed E-state index contributed by atoms with van der Waals surface area (Å²) in [6, 6.07) is 8.97. The maximum atomic E-state index is 11.1. The number of methoxy groups -OCH3 is 1. The molecule has 1 aromatic carbocycles. The lowest BCUT2D eigenvalue weighted by Crippen LogP contribution is -2.42. The summed E-state index contributed by atoms with van der Waals surface area (Å²) < 4.78 is 10.0. The molecule has 4 nitrogen and oxygen atoms in total.